The Morgan fingerprint density at radius 3 is 0.853 bits per heavy atom. The summed E-state index contributed by atoms with van der Waals surface area (Å²) >= 11 is 0. The maximum absolute atomic E-state index is 12.5. The molecule has 0 aliphatic rings. The van der Waals surface area contributed by atoms with Crippen LogP contribution in [0.1, 0.15) is 361 Å². The minimum Gasteiger partial charge on any atom is -0.394 e. The second-order valence-electron chi connectivity index (χ2n) is 22.0. The lowest BCUT2D eigenvalue weighted by Gasteiger charge is -2.26. The van der Waals surface area contributed by atoms with Crippen molar-refractivity contribution in [1.29, 1.82) is 0 Å². The van der Waals surface area contributed by atoms with Crippen molar-refractivity contribution in [3.63, 3.8) is 0 Å². The molecule has 68 heavy (non-hydrogen) atoms. The van der Waals surface area contributed by atoms with Gasteiger partial charge in [-0.05, 0) is 38.5 Å². The fourth-order valence-corrected chi connectivity index (χ4v) is 10.3. The first-order chi connectivity index (χ1) is 33.6. The quantitative estimate of drug-likeness (QED) is 0.0361. The second kappa shape index (κ2) is 58.7. The van der Waals surface area contributed by atoms with E-state index in [4.69, 9.17) is 0 Å². The van der Waals surface area contributed by atoms with Gasteiger partial charge in [-0.2, -0.15) is 0 Å². The largest absolute Gasteiger partial charge is 0.394 e. The molecule has 0 aromatic rings. The summed E-state index contributed by atoms with van der Waals surface area (Å²) in [7, 11) is 0. The number of aliphatic hydroxyl groups excluding tert-OH is 3. The molecule has 0 aliphatic heterocycles. The molecule has 5 heteroatoms. The van der Waals surface area contributed by atoms with Crippen molar-refractivity contribution in [2.24, 2.45) is 0 Å². The topological polar surface area (TPSA) is 89.8 Å². The van der Waals surface area contributed by atoms with Crippen LogP contribution in [-0.2, 0) is 4.79 Å². The lowest BCUT2D eigenvalue weighted by molar-refractivity contribution is -0.124. The van der Waals surface area contributed by atoms with Gasteiger partial charge in [0.2, 0.25) is 5.91 Å². The molecule has 0 heterocycles. The van der Waals surface area contributed by atoms with Crippen molar-refractivity contribution < 1.29 is 20.1 Å². The standard InChI is InChI=1S/C63H125NO4/c1-3-5-7-9-11-13-15-17-19-21-22-23-24-25-26-27-28-29-30-31-32-33-34-35-36-37-38-39-40-42-44-46-48-50-52-54-56-58-62(67)64-60(59-65)63(68)61(66)57-55-53-51-49-47-45-43-41-20-18-16-14-12-10-8-6-4-2/h29-30,60-61,63,65-66,68H,3-28,31-59H2,1-2H3,(H,64,67)/b30-29-. The molecule has 0 fully saturated rings. The molecule has 0 spiro atoms. The minimum absolute atomic E-state index is 0.137. The van der Waals surface area contributed by atoms with Crippen LogP contribution >= 0.6 is 0 Å². The van der Waals surface area contributed by atoms with Gasteiger partial charge < -0.3 is 20.6 Å². The van der Waals surface area contributed by atoms with E-state index < -0.39 is 18.2 Å². The molecule has 0 aliphatic carbocycles. The minimum atomic E-state index is -1.13. The van der Waals surface area contributed by atoms with E-state index >= 15 is 0 Å². The first-order valence-electron chi connectivity index (χ1n) is 31.5. The normalized spacial score (nSPS) is 13.2. The molecule has 0 saturated heterocycles. The number of nitrogens with one attached hydrogen (secondary N) is 1. The lowest BCUT2D eigenvalue weighted by atomic mass is 9.99. The zero-order chi connectivity index (χ0) is 49.3. The van der Waals surface area contributed by atoms with Crippen LogP contribution in [0, 0.1) is 0 Å². The summed E-state index contributed by atoms with van der Waals surface area (Å²) < 4.78 is 0. The molecule has 0 saturated carbocycles. The van der Waals surface area contributed by atoms with Gasteiger partial charge in [0.05, 0.1) is 18.8 Å². The van der Waals surface area contributed by atoms with Crippen LogP contribution in [0.4, 0.5) is 0 Å². The van der Waals surface area contributed by atoms with Gasteiger partial charge >= 0.3 is 0 Å². The highest BCUT2D eigenvalue weighted by atomic mass is 16.3. The highest BCUT2D eigenvalue weighted by Crippen LogP contribution is 2.19. The molecule has 0 rings (SSSR count). The molecular weight excluding hydrogens is 835 g/mol. The molecule has 0 aromatic heterocycles. The first kappa shape index (κ1) is 67.1. The van der Waals surface area contributed by atoms with E-state index in [0.29, 0.717) is 12.8 Å². The van der Waals surface area contributed by atoms with Gasteiger partial charge in [0.15, 0.2) is 0 Å². The number of unbranched alkanes of at least 4 members (excludes halogenated alkanes) is 49. The van der Waals surface area contributed by atoms with Gasteiger partial charge in [0, 0.05) is 6.42 Å². The number of aliphatic hydroxyl groups is 3. The smallest absolute Gasteiger partial charge is 0.220 e. The summed E-state index contributed by atoms with van der Waals surface area (Å²) in [5, 5.41) is 33.8. The summed E-state index contributed by atoms with van der Waals surface area (Å²) in [6.07, 6.45) is 74.0. The maximum Gasteiger partial charge on any atom is 0.220 e. The van der Waals surface area contributed by atoms with Gasteiger partial charge in [0.25, 0.3) is 0 Å². The predicted molar refractivity (Wildman–Crippen MR) is 301 cm³/mol. The van der Waals surface area contributed by atoms with E-state index in [-0.39, 0.29) is 12.5 Å². The Morgan fingerprint density at radius 1 is 0.353 bits per heavy atom. The SMILES string of the molecule is CCCCCCCCCCCCCCCCCC/C=C\CCCCCCCCCCCCCCCCCCCC(=O)NC(CO)C(O)C(O)CCCCCCCCCCCCCCCCCCC. The fourth-order valence-electron chi connectivity index (χ4n) is 10.3. The predicted octanol–water partition coefficient (Wildman–Crippen LogP) is 19.8. The zero-order valence-corrected chi connectivity index (χ0v) is 46.5. The summed E-state index contributed by atoms with van der Waals surface area (Å²) in [5.41, 5.74) is 0. The molecule has 1 amide bonds. The van der Waals surface area contributed by atoms with Crippen LogP contribution in [0.15, 0.2) is 12.2 Å². The Morgan fingerprint density at radius 2 is 0.588 bits per heavy atom. The van der Waals surface area contributed by atoms with Crippen molar-refractivity contribution in [3.05, 3.63) is 12.2 Å². The number of amides is 1. The number of rotatable bonds is 59. The number of hydrogen-bond acceptors (Lipinski definition) is 4. The first-order valence-corrected chi connectivity index (χ1v) is 31.5. The lowest BCUT2D eigenvalue weighted by Crippen LogP contribution is -2.50. The number of carbonyl (C=O) groups excluding carboxylic acids is 1. The monoisotopic (exact) mass is 960 g/mol. The summed E-state index contributed by atoms with van der Waals surface area (Å²) in [6, 6.07) is -0.806. The third-order valence-electron chi connectivity index (χ3n) is 15.1. The van der Waals surface area contributed by atoms with Crippen LogP contribution in [-0.4, -0.2) is 46.1 Å². The summed E-state index contributed by atoms with van der Waals surface area (Å²) in [6.45, 7) is 4.22. The Balaban J connectivity index is 3.43. The average Bonchev–Trinajstić information content (AvgIpc) is 3.34. The van der Waals surface area contributed by atoms with Crippen molar-refractivity contribution in [3.8, 4) is 0 Å². The van der Waals surface area contributed by atoms with Crippen molar-refractivity contribution in [2.45, 2.75) is 379 Å². The maximum atomic E-state index is 12.5. The van der Waals surface area contributed by atoms with E-state index in [1.807, 2.05) is 0 Å². The van der Waals surface area contributed by atoms with E-state index in [1.165, 1.54) is 302 Å². The van der Waals surface area contributed by atoms with Crippen molar-refractivity contribution >= 4 is 5.91 Å². The molecule has 3 unspecified atom stereocenters. The number of hydrogen-bond donors (Lipinski definition) is 4. The molecule has 0 bridgehead atoms. The average molecular weight is 961 g/mol. The Bertz CT molecular complexity index is 971. The molecule has 5 nitrogen and oxygen atoms in total. The van der Waals surface area contributed by atoms with Gasteiger partial charge in [-0.25, -0.2) is 0 Å². The van der Waals surface area contributed by atoms with Crippen LogP contribution in [0.5, 0.6) is 0 Å². The molecule has 0 aromatic carbocycles. The molecule has 0 radical (unpaired) electrons. The van der Waals surface area contributed by atoms with E-state index in [1.54, 1.807) is 0 Å². The third kappa shape index (κ3) is 52.9. The summed E-state index contributed by atoms with van der Waals surface area (Å²) in [4.78, 5) is 12.5. The molecule has 3 atom stereocenters. The van der Waals surface area contributed by atoms with E-state index in [0.717, 1.165) is 32.1 Å². The third-order valence-corrected chi connectivity index (χ3v) is 15.1. The van der Waals surface area contributed by atoms with Gasteiger partial charge in [0.1, 0.15) is 6.10 Å². The van der Waals surface area contributed by atoms with E-state index in [9.17, 15) is 20.1 Å². The molecule has 4 N–H and O–H groups in total. The van der Waals surface area contributed by atoms with Crippen LogP contribution in [0.25, 0.3) is 0 Å². The van der Waals surface area contributed by atoms with Crippen LogP contribution in [0.3, 0.4) is 0 Å². The van der Waals surface area contributed by atoms with Gasteiger partial charge in [-0.3, -0.25) is 4.79 Å². The fraction of sp³-hybridized carbons (Fsp3) is 0.952. The van der Waals surface area contributed by atoms with Crippen molar-refractivity contribution in [1.82, 2.24) is 5.32 Å². The number of carbonyl (C=O) groups is 1. The Hall–Kier alpha value is -0.910. The molecular formula is C63H125NO4. The van der Waals surface area contributed by atoms with Crippen molar-refractivity contribution in [2.75, 3.05) is 6.61 Å². The van der Waals surface area contributed by atoms with Gasteiger partial charge in [-0.15, -0.1) is 0 Å². The molecule has 406 valence electrons. The van der Waals surface area contributed by atoms with Gasteiger partial charge in [-0.1, -0.05) is 328 Å². The van der Waals surface area contributed by atoms with Crippen LogP contribution < -0.4 is 5.32 Å². The summed E-state index contributed by atoms with van der Waals surface area (Å²) in [5.74, 6) is -0.137. The Kier molecular flexibility index (Phi) is 57.9. The number of allylic oxidation sites excluding steroid dienone is 2. The zero-order valence-electron chi connectivity index (χ0n) is 46.5. The second-order valence-corrected chi connectivity index (χ2v) is 22.0. The Labute approximate surface area is 427 Å². The van der Waals surface area contributed by atoms with Crippen LogP contribution in [0.2, 0.25) is 0 Å². The highest BCUT2D eigenvalue weighted by Gasteiger charge is 2.26. The van der Waals surface area contributed by atoms with E-state index in [2.05, 4.69) is 31.3 Å². The highest BCUT2D eigenvalue weighted by molar-refractivity contribution is 5.76.